The van der Waals surface area contributed by atoms with E-state index in [1.807, 2.05) is 17.0 Å². The number of benzene rings is 1. The number of carbonyl (C=O) groups is 1. The van der Waals surface area contributed by atoms with Crippen LogP contribution < -0.4 is 15.5 Å². The number of nitrogen functional groups attached to an aromatic ring is 1. The van der Waals surface area contributed by atoms with Crippen molar-refractivity contribution < 1.29 is 13.6 Å². The Morgan fingerprint density at radius 3 is 2.77 bits per heavy atom. The quantitative estimate of drug-likeness (QED) is 0.647. The molecule has 1 saturated heterocycles. The number of nitrogens with two attached hydrogens (primary N) is 1. The summed E-state index contributed by atoms with van der Waals surface area (Å²) in [6, 6.07) is 8.07. The molecule has 2 N–H and O–H groups in total. The van der Waals surface area contributed by atoms with Crippen molar-refractivity contribution in [3.63, 3.8) is 0 Å². The zero-order valence-electron chi connectivity index (χ0n) is 16.0. The molecule has 154 valence electrons. The van der Waals surface area contributed by atoms with E-state index in [2.05, 4.69) is 9.97 Å². The molecule has 0 unspecified atom stereocenters. The Bertz CT molecular complexity index is 1120. The maximum atomic E-state index is 13.5. The molecule has 30 heavy (non-hydrogen) atoms. The second-order valence-corrected chi connectivity index (χ2v) is 8.44. The zero-order valence-corrected chi connectivity index (χ0v) is 16.8. The molecule has 5 rings (SSSR count). The molecule has 0 aliphatic carbocycles. The lowest BCUT2D eigenvalue weighted by Crippen LogP contribution is -2.37. The van der Waals surface area contributed by atoms with Crippen molar-refractivity contribution in [1.82, 2.24) is 9.97 Å². The van der Waals surface area contributed by atoms with E-state index in [4.69, 9.17) is 5.73 Å². The van der Waals surface area contributed by atoms with Crippen LogP contribution in [0.1, 0.15) is 21.8 Å². The first-order valence-electron chi connectivity index (χ1n) is 9.71. The van der Waals surface area contributed by atoms with E-state index in [0.29, 0.717) is 43.0 Å². The monoisotopic (exact) mass is 426 g/mol. The average molecular weight is 426 g/mol. The van der Waals surface area contributed by atoms with Crippen LogP contribution in [-0.2, 0) is 6.42 Å². The predicted molar refractivity (Wildman–Crippen MR) is 113 cm³/mol. The predicted octanol–water partition coefficient (Wildman–Crippen LogP) is 3.68. The van der Waals surface area contributed by atoms with E-state index in [0.717, 1.165) is 22.1 Å². The molecular formula is C21H19F2N5OS. The number of thiazole rings is 1. The Morgan fingerprint density at radius 2 is 2.07 bits per heavy atom. The van der Waals surface area contributed by atoms with Crippen molar-refractivity contribution in [2.24, 2.45) is 0 Å². The summed E-state index contributed by atoms with van der Waals surface area (Å²) < 4.78 is 26.9. The molecule has 4 heterocycles. The fourth-order valence-corrected chi connectivity index (χ4v) is 4.88. The highest BCUT2D eigenvalue weighted by atomic mass is 32.1. The molecule has 0 bridgehead atoms. The fourth-order valence-electron chi connectivity index (χ4n) is 3.82. The number of nitrogens with zero attached hydrogens (tertiary/aromatic N) is 4. The van der Waals surface area contributed by atoms with Gasteiger partial charge in [-0.1, -0.05) is 0 Å². The number of aromatic nitrogens is 2. The van der Waals surface area contributed by atoms with Crippen LogP contribution in [0.25, 0.3) is 10.6 Å². The van der Waals surface area contributed by atoms with E-state index >= 15 is 0 Å². The average Bonchev–Trinajstić information content (AvgIpc) is 3.38. The van der Waals surface area contributed by atoms with E-state index in [9.17, 15) is 13.6 Å². The number of anilines is 3. The maximum Gasteiger partial charge on any atom is 0.270 e. The van der Waals surface area contributed by atoms with Gasteiger partial charge in [0.1, 0.15) is 27.7 Å². The van der Waals surface area contributed by atoms with Gasteiger partial charge >= 0.3 is 0 Å². The van der Waals surface area contributed by atoms with Gasteiger partial charge in [-0.2, -0.15) is 0 Å². The van der Waals surface area contributed by atoms with Crippen molar-refractivity contribution in [3.05, 3.63) is 52.9 Å². The van der Waals surface area contributed by atoms with E-state index in [1.54, 1.807) is 17.2 Å². The van der Waals surface area contributed by atoms with Gasteiger partial charge in [-0.3, -0.25) is 4.79 Å². The number of carbonyl (C=O) groups excluding carboxylic acids is 1. The number of rotatable bonds is 3. The molecule has 2 aliphatic rings. The fraction of sp³-hybridized carbons (Fsp3) is 0.286. The number of hydrogen-bond acceptors (Lipinski definition) is 6. The Morgan fingerprint density at radius 1 is 1.20 bits per heavy atom. The largest absolute Gasteiger partial charge is 0.396 e. The van der Waals surface area contributed by atoms with Gasteiger partial charge in [0, 0.05) is 37.0 Å². The standard InChI is InChI=1S/C21H19F2N5OS/c22-13-5-7-27(11-13)18-4-1-12(10-25-18)20-26-17-6-8-28(21(29)19(17)30-20)14-2-3-15(23)16(24)9-14/h1-4,9-10,13H,5-8,11,24H2/t13-/m0/s1/i22-1. The molecule has 0 spiro atoms. The SMILES string of the molecule is Nc1cc(N2CCc3nc(-c4ccc(N5CC[C@H]([18F])C5)nc4)sc3C2=O)ccc1F. The molecule has 9 heteroatoms. The first-order chi connectivity index (χ1) is 14.5. The van der Waals surface area contributed by atoms with Crippen LogP contribution in [0.4, 0.5) is 26.0 Å². The third-order valence-corrected chi connectivity index (χ3v) is 6.58. The van der Waals surface area contributed by atoms with Crippen LogP contribution in [0.2, 0.25) is 0 Å². The summed E-state index contributed by atoms with van der Waals surface area (Å²) >= 11 is 1.32. The molecule has 2 aromatic heterocycles. The highest BCUT2D eigenvalue weighted by Crippen LogP contribution is 2.34. The molecule has 2 aliphatic heterocycles. The minimum Gasteiger partial charge on any atom is -0.396 e. The second kappa shape index (κ2) is 7.32. The van der Waals surface area contributed by atoms with Gasteiger partial charge in [0.05, 0.1) is 17.9 Å². The Hall–Kier alpha value is -3.07. The summed E-state index contributed by atoms with van der Waals surface area (Å²) in [5.74, 6) is 0.0777. The number of halogens is 2. The summed E-state index contributed by atoms with van der Waals surface area (Å²) in [6.07, 6.45) is 2.05. The van der Waals surface area contributed by atoms with Crippen molar-refractivity contribution in [2.75, 3.05) is 35.2 Å². The molecule has 6 nitrogen and oxygen atoms in total. The Labute approximate surface area is 176 Å². The number of fused-ring (bicyclic) bond motifs is 1. The first kappa shape index (κ1) is 18.9. The lowest BCUT2D eigenvalue weighted by molar-refractivity contribution is 0.0984. The maximum absolute atomic E-state index is 13.5. The van der Waals surface area contributed by atoms with Gasteiger partial charge in [-0.05, 0) is 36.8 Å². The van der Waals surface area contributed by atoms with Crippen LogP contribution in [0.5, 0.6) is 0 Å². The number of alkyl halides is 1. The number of hydrogen-bond donors (Lipinski definition) is 1. The molecule has 3 aromatic rings. The third-order valence-electron chi connectivity index (χ3n) is 5.45. The molecule has 1 amide bonds. The van der Waals surface area contributed by atoms with Gasteiger partial charge in [0.15, 0.2) is 0 Å². The first-order valence-corrected chi connectivity index (χ1v) is 10.5. The Balaban J connectivity index is 1.39. The van der Waals surface area contributed by atoms with Gasteiger partial charge in [0.25, 0.3) is 5.91 Å². The van der Waals surface area contributed by atoms with E-state index < -0.39 is 12.0 Å². The smallest absolute Gasteiger partial charge is 0.270 e. The van der Waals surface area contributed by atoms with Crippen LogP contribution in [0, 0.1) is 5.82 Å². The molecule has 1 fully saturated rings. The highest BCUT2D eigenvalue weighted by molar-refractivity contribution is 7.17. The highest BCUT2D eigenvalue weighted by Gasteiger charge is 2.30. The molecule has 1 atom stereocenters. The number of pyridine rings is 1. The Kier molecular flexibility index (Phi) is 4.62. The topological polar surface area (TPSA) is 75.3 Å². The van der Waals surface area contributed by atoms with E-state index in [1.165, 1.54) is 23.5 Å². The van der Waals surface area contributed by atoms with Crippen molar-refractivity contribution in [3.8, 4) is 10.6 Å². The van der Waals surface area contributed by atoms with Crippen molar-refractivity contribution in [2.45, 2.75) is 19.0 Å². The molecule has 0 radical (unpaired) electrons. The summed E-state index contributed by atoms with van der Waals surface area (Å²) in [5, 5.41) is 0.720. The second-order valence-electron chi connectivity index (χ2n) is 7.44. The molecule has 1 aromatic carbocycles. The van der Waals surface area contributed by atoms with Crippen molar-refractivity contribution in [1.29, 1.82) is 0 Å². The normalized spacial score (nSPS) is 18.7. The number of amides is 1. The molecular weight excluding hydrogens is 407 g/mol. The van der Waals surface area contributed by atoms with E-state index in [-0.39, 0.29) is 11.6 Å². The van der Waals surface area contributed by atoms with Crippen LogP contribution in [-0.4, -0.2) is 41.7 Å². The minimum atomic E-state index is -0.803. The summed E-state index contributed by atoms with van der Waals surface area (Å²) in [7, 11) is 0. The minimum absolute atomic E-state index is 0.0133. The van der Waals surface area contributed by atoms with Gasteiger partial charge in [0.2, 0.25) is 0 Å². The van der Waals surface area contributed by atoms with Gasteiger partial charge in [-0.15, -0.1) is 11.3 Å². The zero-order chi connectivity index (χ0) is 20.8. The van der Waals surface area contributed by atoms with Gasteiger partial charge < -0.3 is 15.5 Å². The van der Waals surface area contributed by atoms with Crippen LogP contribution >= 0.6 is 11.3 Å². The summed E-state index contributed by atoms with van der Waals surface area (Å²) in [5.41, 5.74) is 7.82. The van der Waals surface area contributed by atoms with Crippen LogP contribution in [0.3, 0.4) is 0 Å². The summed E-state index contributed by atoms with van der Waals surface area (Å²) in [4.78, 5) is 26.2. The summed E-state index contributed by atoms with van der Waals surface area (Å²) in [6.45, 7) is 1.49. The van der Waals surface area contributed by atoms with Gasteiger partial charge in [-0.25, -0.2) is 18.7 Å². The van der Waals surface area contributed by atoms with Crippen molar-refractivity contribution >= 4 is 34.4 Å². The lowest BCUT2D eigenvalue weighted by Gasteiger charge is -2.26. The third kappa shape index (κ3) is 3.28. The van der Waals surface area contributed by atoms with Crippen LogP contribution in [0.15, 0.2) is 36.5 Å². The molecule has 0 saturated carbocycles. The lowest BCUT2D eigenvalue weighted by atomic mass is 10.1.